The highest BCUT2D eigenvalue weighted by molar-refractivity contribution is 5.84. The Morgan fingerprint density at radius 2 is 1.97 bits per heavy atom. The second kappa shape index (κ2) is 7.45. The molecule has 6 atom stereocenters. The summed E-state index contributed by atoms with van der Waals surface area (Å²) in [6.07, 6.45) is -3.66. The Balaban J connectivity index is 1.81. The highest BCUT2D eigenvalue weighted by Crippen LogP contribution is 2.62. The molecule has 2 aliphatic heterocycles. The van der Waals surface area contributed by atoms with Crippen molar-refractivity contribution in [2.45, 2.75) is 62.1 Å². The number of benzene rings is 1. The minimum absolute atomic E-state index is 0.0110. The fourth-order valence-electron chi connectivity index (χ4n) is 5.45. The summed E-state index contributed by atoms with van der Waals surface area (Å²) in [7, 11) is 1.90. The van der Waals surface area contributed by atoms with Crippen molar-refractivity contribution < 1.29 is 44.6 Å². The number of ether oxygens (including phenoxy) is 2. The summed E-state index contributed by atoms with van der Waals surface area (Å²) in [4.78, 5) is 25.3. The first-order chi connectivity index (χ1) is 15.0. The van der Waals surface area contributed by atoms with E-state index >= 15 is 0 Å². The largest absolute Gasteiger partial charge is 0.504 e. The van der Waals surface area contributed by atoms with Crippen LogP contribution in [0.3, 0.4) is 0 Å². The minimum atomic E-state index is -2.35. The Bertz CT molecular complexity index is 1010. The summed E-state index contributed by atoms with van der Waals surface area (Å²) in [5.41, 5.74) is -0.955. The summed E-state index contributed by atoms with van der Waals surface area (Å²) in [6.45, 7) is 4.34. The zero-order valence-corrected chi connectivity index (χ0v) is 18.0. The number of carbonyl (C=O) groups excluding carboxylic acids is 1. The van der Waals surface area contributed by atoms with Crippen molar-refractivity contribution in [3.05, 3.63) is 35.1 Å². The average Bonchev–Trinajstić information content (AvgIpc) is 3.12. The molecule has 5 N–H and O–H groups in total. The van der Waals surface area contributed by atoms with E-state index in [9.17, 15) is 30.0 Å². The Kier molecular flexibility index (Phi) is 5.24. The Labute approximate surface area is 184 Å². The van der Waals surface area contributed by atoms with Crippen LogP contribution in [0.4, 0.5) is 0 Å². The van der Waals surface area contributed by atoms with Gasteiger partial charge in [-0.15, -0.1) is 0 Å². The van der Waals surface area contributed by atoms with E-state index < -0.39 is 41.3 Å². The number of carboxylic acid groups (broad SMARTS) is 1. The SMILES string of the molecule is Cc1ccc(O)c2c1C13CCN(C)[C@H](C)[C@]1(O)CC=C(OC(=O)[C@H](O)[C@@H](O)C(=O)O)C3O2. The number of likely N-dealkylation sites (tertiary alicyclic amines) is 1. The summed E-state index contributed by atoms with van der Waals surface area (Å²) in [5, 5.41) is 50.8. The number of aromatic hydroxyl groups is 1. The molecule has 1 saturated heterocycles. The number of esters is 1. The van der Waals surface area contributed by atoms with Gasteiger partial charge in [-0.2, -0.15) is 0 Å². The number of piperidine rings is 1. The molecule has 1 aromatic rings. The first-order valence-corrected chi connectivity index (χ1v) is 10.4. The lowest BCUT2D eigenvalue weighted by atomic mass is 9.54. The number of carboxylic acids is 1. The van der Waals surface area contributed by atoms with Crippen molar-refractivity contribution in [2.24, 2.45) is 0 Å². The smallest absolute Gasteiger partial charge is 0.343 e. The summed E-state index contributed by atoms with van der Waals surface area (Å²) >= 11 is 0. The number of likely N-dealkylation sites (N-methyl/N-ethyl adjacent to an activating group) is 1. The van der Waals surface area contributed by atoms with Crippen molar-refractivity contribution >= 4 is 11.9 Å². The monoisotopic (exact) mass is 449 g/mol. The molecule has 1 aliphatic carbocycles. The third kappa shape index (κ3) is 2.87. The average molecular weight is 449 g/mol. The molecule has 3 aliphatic rings. The van der Waals surface area contributed by atoms with Crippen LogP contribution in [0.25, 0.3) is 0 Å². The number of nitrogens with zero attached hydrogens (tertiary/aromatic N) is 1. The van der Waals surface area contributed by atoms with Gasteiger partial charge in [0.15, 0.2) is 29.8 Å². The van der Waals surface area contributed by atoms with Gasteiger partial charge in [0.1, 0.15) is 5.76 Å². The molecular formula is C22H27NO9. The van der Waals surface area contributed by atoms with Gasteiger partial charge in [-0.05, 0) is 51.6 Å². The quantitative estimate of drug-likeness (QED) is 0.390. The fourth-order valence-corrected chi connectivity index (χ4v) is 5.45. The number of aliphatic hydroxyl groups is 3. The number of fused-ring (bicyclic) bond motifs is 1. The van der Waals surface area contributed by atoms with Crippen LogP contribution in [0.2, 0.25) is 0 Å². The van der Waals surface area contributed by atoms with Gasteiger partial charge in [0.2, 0.25) is 0 Å². The van der Waals surface area contributed by atoms with E-state index in [-0.39, 0.29) is 29.7 Å². The number of carbonyl (C=O) groups is 2. The van der Waals surface area contributed by atoms with E-state index in [0.717, 1.165) is 5.56 Å². The molecule has 10 nitrogen and oxygen atoms in total. The van der Waals surface area contributed by atoms with Crippen LogP contribution < -0.4 is 4.74 Å². The van der Waals surface area contributed by atoms with Crippen LogP contribution in [0.5, 0.6) is 11.5 Å². The molecule has 10 heteroatoms. The van der Waals surface area contributed by atoms with Crippen LogP contribution in [0.1, 0.15) is 30.9 Å². The van der Waals surface area contributed by atoms with Crippen LogP contribution in [-0.4, -0.2) is 85.9 Å². The second-order valence-corrected chi connectivity index (χ2v) is 8.87. The van der Waals surface area contributed by atoms with Crippen molar-refractivity contribution in [2.75, 3.05) is 13.6 Å². The lowest BCUT2D eigenvalue weighted by Crippen LogP contribution is -2.71. The number of phenolic OH excluding ortho intramolecular Hbond substituents is 1. The van der Waals surface area contributed by atoms with E-state index in [1.54, 1.807) is 6.07 Å². The maximum atomic E-state index is 12.4. The molecule has 1 fully saturated rings. The minimum Gasteiger partial charge on any atom is -0.504 e. The molecule has 0 saturated carbocycles. The molecule has 0 radical (unpaired) electrons. The molecule has 1 spiro atoms. The molecule has 0 amide bonds. The van der Waals surface area contributed by atoms with E-state index in [1.165, 1.54) is 12.1 Å². The topological polar surface area (TPSA) is 157 Å². The molecule has 0 bridgehead atoms. The van der Waals surface area contributed by atoms with Gasteiger partial charge in [-0.3, -0.25) is 0 Å². The van der Waals surface area contributed by atoms with Gasteiger partial charge < -0.3 is 39.9 Å². The third-order valence-corrected chi connectivity index (χ3v) is 7.34. The summed E-state index contributed by atoms with van der Waals surface area (Å²) < 4.78 is 11.4. The fraction of sp³-hybridized carbons (Fsp3) is 0.545. The molecular weight excluding hydrogens is 422 g/mol. The number of rotatable bonds is 4. The first kappa shape index (κ1) is 22.5. The van der Waals surface area contributed by atoms with Crippen LogP contribution >= 0.6 is 0 Å². The van der Waals surface area contributed by atoms with Crippen molar-refractivity contribution in [1.29, 1.82) is 0 Å². The van der Waals surface area contributed by atoms with Gasteiger partial charge >= 0.3 is 11.9 Å². The predicted molar refractivity (Wildman–Crippen MR) is 109 cm³/mol. The molecule has 2 heterocycles. The van der Waals surface area contributed by atoms with Crippen molar-refractivity contribution in [3.63, 3.8) is 0 Å². The maximum Gasteiger partial charge on any atom is 0.343 e. The van der Waals surface area contributed by atoms with Gasteiger partial charge in [-0.25, -0.2) is 9.59 Å². The number of phenols is 1. The predicted octanol–water partition coefficient (Wildman–Crippen LogP) is -0.208. The van der Waals surface area contributed by atoms with Crippen molar-refractivity contribution in [1.82, 2.24) is 4.90 Å². The highest BCUT2D eigenvalue weighted by atomic mass is 16.6. The molecule has 4 rings (SSSR count). The molecule has 174 valence electrons. The Hall–Kier alpha value is -2.66. The van der Waals surface area contributed by atoms with E-state index in [0.29, 0.717) is 18.5 Å². The van der Waals surface area contributed by atoms with Gasteiger partial charge in [0, 0.05) is 18.0 Å². The summed E-state index contributed by atoms with van der Waals surface area (Å²) in [6, 6.07) is 2.92. The molecule has 1 aromatic carbocycles. The maximum absolute atomic E-state index is 12.4. The number of hydrogen-bond donors (Lipinski definition) is 5. The first-order valence-electron chi connectivity index (χ1n) is 10.4. The van der Waals surface area contributed by atoms with E-state index in [1.807, 2.05) is 25.8 Å². The zero-order valence-electron chi connectivity index (χ0n) is 18.0. The van der Waals surface area contributed by atoms with E-state index in [2.05, 4.69) is 0 Å². The van der Waals surface area contributed by atoms with Crippen LogP contribution in [0, 0.1) is 6.92 Å². The van der Waals surface area contributed by atoms with Gasteiger partial charge in [0.25, 0.3) is 0 Å². The lowest BCUT2D eigenvalue weighted by molar-refractivity contribution is -0.174. The van der Waals surface area contributed by atoms with E-state index in [4.69, 9.17) is 14.6 Å². The van der Waals surface area contributed by atoms with Crippen molar-refractivity contribution in [3.8, 4) is 11.5 Å². The standard InChI is InChI=1S/C22H27NO9/c1-10-4-5-12(24)17-14(10)21-8-9-23(3)11(2)22(21,30)7-6-13(18(21)32-17)31-20(29)16(26)15(25)19(27)28/h4-6,11,15-16,18,24-26,30H,7-9H2,1-3H3,(H,27,28)/t11-,15-,16-,18?,21?,22-/m1/s1. The number of aryl methyl sites for hydroxylation is 1. The molecule has 0 aromatic heterocycles. The summed E-state index contributed by atoms with van der Waals surface area (Å²) in [5.74, 6) is -3.06. The zero-order chi connectivity index (χ0) is 23.6. The third-order valence-electron chi connectivity index (χ3n) is 7.34. The lowest BCUT2D eigenvalue weighted by Gasteiger charge is -2.58. The second-order valence-electron chi connectivity index (χ2n) is 8.87. The van der Waals surface area contributed by atoms with Gasteiger partial charge in [-0.1, -0.05) is 6.07 Å². The number of aliphatic hydroxyl groups excluding tert-OH is 2. The highest BCUT2D eigenvalue weighted by Gasteiger charge is 2.69. The van der Waals surface area contributed by atoms with Crippen LogP contribution in [-0.2, 0) is 19.7 Å². The Morgan fingerprint density at radius 3 is 2.62 bits per heavy atom. The molecule has 32 heavy (non-hydrogen) atoms. The Morgan fingerprint density at radius 1 is 1.28 bits per heavy atom. The van der Waals surface area contributed by atoms with Gasteiger partial charge in [0.05, 0.1) is 11.0 Å². The molecule has 2 unspecified atom stereocenters. The van der Waals surface area contributed by atoms with Crippen LogP contribution in [0.15, 0.2) is 24.0 Å². The number of aliphatic carboxylic acids is 1. The normalized spacial score (nSPS) is 33.1. The number of hydrogen-bond acceptors (Lipinski definition) is 9.